The van der Waals surface area contributed by atoms with Crippen LogP contribution in [0.25, 0.3) is 5.57 Å². The number of nitrogens with one attached hydrogen (secondary N) is 4. The number of hydrogen-bond acceptors (Lipinski definition) is 6. The molecular formula is C24H24Cl2FN7O. The molecule has 0 aliphatic rings. The second-order valence-electron chi connectivity index (χ2n) is 8.53. The van der Waals surface area contributed by atoms with E-state index >= 15 is 0 Å². The molecule has 2 amide bonds. The summed E-state index contributed by atoms with van der Waals surface area (Å²) in [6, 6.07) is 9.58. The van der Waals surface area contributed by atoms with Crippen molar-refractivity contribution in [2.45, 2.75) is 26.3 Å². The monoisotopic (exact) mass is 515 g/mol. The number of aromatic nitrogens is 2. The number of anilines is 3. The highest BCUT2D eigenvalue weighted by atomic mass is 35.5. The Morgan fingerprint density at radius 1 is 1.09 bits per heavy atom. The normalized spacial score (nSPS) is 11.7. The third-order valence-corrected chi connectivity index (χ3v) is 5.29. The summed E-state index contributed by atoms with van der Waals surface area (Å²) < 4.78 is 14.6. The Morgan fingerprint density at radius 3 is 2.49 bits per heavy atom. The number of hydrogen-bond donors (Lipinski definition) is 5. The molecule has 11 heteroatoms. The maximum Gasteiger partial charge on any atom is 0.323 e. The van der Waals surface area contributed by atoms with Gasteiger partial charge in [-0.05, 0) is 62.7 Å². The fourth-order valence-electron chi connectivity index (χ4n) is 2.89. The zero-order chi connectivity index (χ0) is 25.8. The van der Waals surface area contributed by atoms with E-state index in [2.05, 4.69) is 25.9 Å². The standard InChI is InChI=1S/C24H24Cl2FN7O/c1-24(2,3)31-12-15(21(28)19-8-9-30-22(29)33-19)13-4-7-18(27)20(10-13)34-23(35)32-14-5-6-16(25)17(26)11-14/h4-12,28,31H,1-3H3,(H2,29,30,33)(H2,32,34,35)/b15-12-,28-21?. The Bertz CT molecular complexity index is 1310. The van der Waals surface area contributed by atoms with Crippen LogP contribution in [-0.2, 0) is 0 Å². The molecule has 182 valence electrons. The van der Waals surface area contributed by atoms with Crippen LogP contribution in [0.1, 0.15) is 32.0 Å². The van der Waals surface area contributed by atoms with Crippen LogP contribution in [0.2, 0.25) is 10.0 Å². The summed E-state index contributed by atoms with van der Waals surface area (Å²) in [7, 11) is 0. The molecular weight excluding hydrogens is 492 g/mol. The van der Waals surface area contributed by atoms with Crippen LogP contribution in [0.4, 0.5) is 26.5 Å². The molecule has 2 aromatic carbocycles. The van der Waals surface area contributed by atoms with Gasteiger partial charge in [-0.3, -0.25) is 5.41 Å². The summed E-state index contributed by atoms with van der Waals surface area (Å²) in [5.41, 5.74) is 6.87. The third-order valence-electron chi connectivity index (χ3n) is 4.55. The van der Waals surface area contributed by atoms with E-state index in [0.717, 1.165) is 0 Å². The van der Waals surface area contributed by atoms with E-state index in [4.69, 9.17) is 34.3 Å². The predicted molar refractivity (Wildman–Crippen MR) is 140 cm³/mol. The first kappa shape index (κ1) is 25.9. The topological polar surface area (TPSA) is 129 Å². The van der Waals surface area contributed by atoms with Crippen molar-refractivity contribution in [2.75, 3.05) is 16.4 Å². The molecule has 0 spiro atoms. The molecule has 0 aliphatic carbocycles. The number of rotatable bonds is 6. The second-order valence-corrected chi connectivity index (χ2v) is 9.34. The van der Waals surface area contributed by atoms with Crippen molar-refractivity contribution in [1.29, 1.82) is 5.41 Å². The van der Waals surface area contributed by atoms with E-state index in [1.54, 1.807) is 18.3 Å². The Labute approximate surface area is 212 Å². The smallest absolute Gasteiger partial charge is 0.323 e. The van der Waals surface area contributed by atoms with Crippen molar-refractivity contribution in [3.05, 3.63) is 82.0 Å². The van der Waals surface area contributed by atoms with E-state index in [-0.39, 0.29) is 33.6 Å². The molecule has 3 rings (SSSR count). The van der Waals surface area contributed by atoms with Crippen LogP contribution >= 0.6 is 23.2 Å². The summed E-state index contributed by atoms with van der Waals surface area (Å²) in [5, 5.41) is 17.6. The van der Waals surface area contributed by atoms with Crippen molar-refractivity contribution in [3.63, 3.8) is 0 Å². The average molecular weight is 516 g/mol. The minimum atomic E-state index is -0.684. The fourth-order valence-corrected chi connectivity index (χ4v) is 3.18. The largest absolute Gasteiger partial charge is 0.386 e. The molecule has 6 N–H and O–H groups in total. The SMILES string of the molecule is CC(C)(C)N/C=C(\C(=N)c1ccnc(N)n1)c1ccc(F)c(NC(=O)Nc2ccc(Cl)c(Cl)c2)c1. The minimum absolute atomic E-state index is 0.0239. The molecule has 1 heterocycles. The minimum Gasteiger partial charge on any atom is -0.386 e. The molecule has 0 radical (unpaired) electrons. The third kappa shape index (κ3) is 7.14. The summed E-state index contributed by atoms with van der Waals surface area (Å²) >= 11 is 11.9. The number of benzene rings is 2. The molecule has 35 heavy (non-hydrogen) atoms. The maximum absolute atomic E-state index is 14.6. The van der Waals surface area contributed by atoms with Gasteiger partial charge in [0.2, 0.25) is 5.95 Å². The lowest BCUT2D eigenvalue weighted by Gasteiger charge is -2.21. The lowest BCUT2D eigenvalue weighted by Crippen LogP contribution is -2.32. The molecule has 0 aliphatic heterocycles. The van der Waals surface area contributed by atoms with Gasteiger partial charge in [-0.25, -0.2) is 19.2 Å². The molecule has 1 aromatic heterocycles. The molecule has 3 aromatic rings. The van der Waals surface area contributed by atoms with Crippen molar-refractivity contribution >= 4 is 57.8 Å². The van der Waals surface area contributed by atoms with Gasteiger partial charge < -0.3 is 21.7 Å². The summed E-state index contributed by atoms with van der Waals surface area (Å²) in [6.07, 6.45) is 3.10. The first-order valence-corrected chi connectivity index (χ1v) is 11.2. The zero-order valence-corrected chi connectivity index (χ0v) is 20.7. The van der Waals surface area contributed by atoms with Crippen molar-refractivity contribution < 1.29 is 9.18 Å². The van der Waals surface area contributed by atoms with Gasteiger partial charge >= 0.3 is 6.03 Å². The van der Waals surface area contributed by atoms with Gasteiger partial charge in [-0.1, -0.05) is 29.3 Å². The highest BCUT2D eigenvalue weighted by molar-refractivity contribution is 6.42. The number of carbonyl (C=O) groups excluding carboxylic acids is 1. The van der Waals surface area contributed by atoms with Crippen LogP contribution in [0.15, 0.2) is 54.9 Å². The number of urea groups is 1. The molecule has 8 nitrogen and oxygen atoms in total. The highest BCUT2D eigenvalue weighted by Crippen LogP contribution is 2.27. The predicted octanol–water partition coefficient (Wildman–Crippen LogP) is 5.95. The lowest BCUT2D eigenvalue weighted by atomic mass is 9.98. The van der Waals surface area contributed by atoms with E-state index < -0.39 is 11.8 Å². The summed E-state index contributed by atoms with van der Waals surface area (Å²) in [4.78, 5) is 20.5. The number of nitrogens with zero attached hydrogens (tertiary/aromatic N) is 2. The van der Waals surface area contributed by atoms with E-state index in [1.165, 1.54) is 36.5 Å². The molecule has 0 unspecified atom stereocenters. The number of halogens is 3. The molecule has 0 atom stereocenters. The molecule has 0 bridgehead atoms. The van der Waals surface area contributed by atoms with E-state index in [9.17, 15) is 9.18 Å². The summed E-state index contributed by atoms with van der Waals surface area (Å²) in [5.74, 6) is -0.630. The maximum atomic E-state index is 14.6. The molecule has 0 fully saturated rings. The Kier molecular flexibility index (Phi) is 7.93. The fraction of sp³-hybridized carbons (Fsp3) is 0.167. The second kappa shape index (κ2) is 10.7. The van der Waals surface area contributed by atoms with Gasteiger partial charge in [0.25, 0.3) is 0 Å². The van der Waals surface area contributed by atoms with Gasteiger partial charge in [0.15, 0.2) is 0 Å². The molecule has 0 saturated heterocycles. The summed E-state index contributed by atoms with van der Waals surface area (Å²) in [6.45, 7) is 5.87. The number of carbonyl (C=O) groups is 1. The number of allylic oxidation sites excluding steroid dienone is 1. The Morgan fingerprint density at radius 2 is 1.83 bits per heavy atom. The van der Waals surface area contributed by atoms with Gasteiger partial charge in [0.1, 0.15) is 5.82 Å². The van der Waals surface area contributed by atoms with Gasteiger partial charge in [0, 0.05) is 29.2 Å². The van der Waals surface area contributed by atoms with E-state index in [1.807, 2.05) is 20.8 Å². The van der Waals surface area contributed by atoms with Crippen LogP contribution < -0.4 is 21.7 Å². The average Bonchev–Trinajstić information content (AvgIpc) is 2.77. The van der Waals surface area contributed by atoms with Crippen molar-refractivity contribution in [2.24, 2.45) is 0 Å². The number of nitrogens with two attached hydrogens (primary N) is 1. The van der Waals surface area contributed by atoms with E-state index in [0.29, 0.717) is 21.8 Å². The van der Waals surface area contributed by atoms with Crippen LogP contribution in [0, 0.1) is 11.2 Å². The van der Waals surface area contributed by atoms with Crippen LogP contribution in [0.3, 0.4) is 0 Å². The van der Waals surface area contributed by atoms with Crippen LogP contribution in [-0.4, -0.2) is 27.2 Å². The highest BCUT2D eigenvalue weighted by Gasteiger charge is 2.17. The van der Waals surface area contributed by atoms with Crippen molar-refractivity contribution in [3.8, 4) is 0 Å². The quantitative estimate of drug-likeness (QED) is 0.259. The number of amides is 2. The molecule has 0 saturated carbocycles. The first-order valence-electron chi connectivity index (χ1n) is 10.4. The van der Waals surface area contributed by atoms with Crippen molar-refractivity contribution in [1.82, 2.24) is 15.3 Å². The van der Waals surface area contributed by atoms with Gasteiger partial charge in [-0.15, -0.1) is 0 Å². The Balaban J connectivity index is 1.92. The van der Waals surface area contributed by atoms with Gasteiger partial charge in [0.05, 0.1) is 27.1 Å². The Hall–Kier alpha value is -3.69. The first-order chi connectivity index (χ1) is 16.4. The number of nitrogen functional groups attached to an aromatic ring is 1. The van der Waals surface area contributed by atoms with Crippen LogP contribution in [0.5, 0.6) is 0 Å². The lowest BCUT2D eigenvalue weighted by molar-refractivity contribution is 0.262. The van der Waals surface area contributed by atoms with Gasteiger partial charge in [-0.2, -0.15) is 0 Å². The zero-order valence-electron chi connectivity index (χ0n) is 19.2.